The predicted octanol–water partition coefficient (Wildman–Crippen LogP) is 4.17. The highest BCUT2D eigenvalue weighted by Crippen LogP contribution is 2.38. The number of hydrogen-bond acceptors (Lipinski definition) is 5. The second kappa shape index (κ2) is 8.60. The van der Waals surface area contributed by atoms with Crippen molar-refractivity contribution in [3.8, 4) is 11.3 Å². The molecule has 4 N–H and O–H groups in total. The molecule has 1 aliphatic rings. The standard InChI is InChI=1S/C22H21Cl2N5O/c1-26-22(30)20-21(25)28-11-19(29-20)13-4-2-3-12(7-13)10-27-18-6-5-15-16(18)8-14(23)9-17(15)24/h2-4,7-9,11,18,27H,5-6,10H2,1H3,(H2,25,28)(H,26,30). The second-order valence-electron chi connectivity index (χ2n) is 7.20. The second-order valence-corrected chi connectivity index (χ2v) is 8.04. The van der Waals surface area contributed by atoms with Gasteiger partial charge in [-0.05, 0) is 47.7 Å². The van der Waals surface area contributed by atoms with E-state index in [0.29, 0.717) is 17.3 Å². The van der Waals surface area contributed by atoms with E-state index in [2.05, 4.69) is 20.6 Å². The van der Waals surface area contributed by atoms with Crippen molar-refractivity contribution in [2.24, 2.45) is 0 Å². The Labute approximate surface area is 184 Å². The topological polar surface area (TPSA) is 92.9 Å². The van der Waals surface area contributed by atoms with E-state index in [1.54, 1.807) is 12.3 Å². The van der Waals surface area contributed by atoms with E-state index < -0.39 is 0 Å². The van der Waals surface area contributed by atoms with E-state index in [9.17, 15) is 4.79 Å². The first-order valence-electron chi connectivity index (χ1n) is 9.61. The van der Waals surface area contributed by atoms with Gasteiger partial charge < -0.3 is 16.4 Å². The van der Waals surface area contributed by atoms with Gasteiger partial charge in [-0.15, -0.1) is 0 Å². The Morgan fingerprint density at radius 3 is 2.90 bits per heavy atom. The van der Waals surface area contributed by atoms with Gasteiger partial charge in [0.25, 0.3) is 5.91 Å². The minimum absolute atomic E-state index is 0.105. The van der Waals surface area contributed by atoms with Crippen molar-refractivity contribution in [2.45, 2.75) is 25.4 Å². The average Bonchev–Trinajstić information content (AvgIpc) is 3.15. The zero-order valence-corrected chi connectivity index (χ0v) is 17.9. The molecule has 0 fully saturated rings. The van der Waals surface area contributed by atoms with Crippen LogP contribution in [0.3, 0.4) is 0 Å². The highest BCUT2D eigenvalue weighted by molar-refractivity contribution is 6.35. The van der Waals surface area contributed by atoms with Crippen molar-refractivity contribution in [3.05, 3.63) is 75.0 Å². The van der Waals surface area contributed by atoms with Gasteiger partial charge in [0.15, 0.2) is 11.5 Å². The monoisotopic (exact) mass is 441 g/mol. The molecule has 1 aromatic heterocycles. The van der Waals surface area contributed by atoms with Crippen LogP contribution < -0.4 is 16.4 Å². The third kappa shape index (κ3) is 4.12. The van der Waals surface area contributed by atoms with Crippen LogP contribution in [0.2, 0.25) is 10.0 Å². The lowest BCUT2D eigenvalue weighted by Gasteiger charge is -2.15. The number of benzene rings is 2. The number of halogens is 2. The molecule has 8 heteroatoms. The molecule has 0 bridgehead atoms. The van der Waals surface area contributed by atoms with Gasteiger partial charge >= 0.3 is 0 Å². The number of fused-ring (bicyclic) bond motifs is 1. The van der Waals surface area contributed by atoms with Crippen LogP contribution in [0.15, 0.2) is 42.6 Å². The van der Waals surface area contributed by atoms with Crippen LogP contribution in [0.4, 0.5) is 5.82 Å². The fourth-order valence-electron chi connectivity index (χ4n) is 3.76. The summed E-state index contributed by atoms with van der Waals surface area (Å²) >= 11 is 12.5. The Morgan fingerprint density at radius 2 is 2.10 bits per heavy atom. The minimum Gasteiger partial charge on any atom is -0.382 e. The Bertz CT molecular complexity index is 1120. The third-order valence-electron chi connectivity index (χ3n) is 5.27. The fraction of sp³-hybridized carbons (Fsp3) is 0.227. The molecule has 0 radical (unpaired) electrons. The highest BCUT2D eigenvalue weighted by atomic mass is 35.5. The van der Waals surface area contributed by atoms with E-state index in [0.717, 1.165) is 29.0 Å². The molecule has 3 aromatic rings. The van der Waals surface area contributed by atoms with Gasteiger partial charge in [0.1, 0.15) is 0 Å². The summed E-state index contributed by atoms with van der Waals surface area (Å²) in [7, 11) is 1.53. The van der Waals surface area contributed by atoms with E-state index in [-0.39, 0.29) is 23.5 Å². The van der Waals surface area contributed by atoms with Crippen molar-refractivity contribution in [1.29, 1.82) is 0 Å². The smallest absolute Gasteiger partial charge is 0.273 e. The number of nitrogens with two attached hydrogens (primary N) is 1. The molecule has 0 saturated heterocycles. The molecule has 1 aliphatic carbocycles. The van der Waals surface area contributed by atoms with Crippen molar-refractivity contribution < 1.29 is 4.79 Å². The minimum atomic E-state index is -0.364. The van der Waals surface area contributed by atoms with Crippen molar-refractivity contribution in [2.75, 3.05) is 12.8 Å². The first kappa shape index (κ1) is 20.6. The number of carbonyl (C=O) groups excluding carboxylic acids is 1. The van der Waals surface area contributed by atoms with Gasteiger partial charge in [-0.1, -0.05) is 41.4 Å². The largest absolute Gasteiger partial charge is 0.382 e. The summed E-state index contributed by atoms with van der Waals surface area (Å²) in [6, 6.07) is 12.0. The SMILES string of the molecule is CNC(=O)c1nc(-c2cccc(CNC3CCc4c(Cl)cc(Cl)cc43)c2)cnc1N. The van der Waals surface area contributed by atoms with Crippen LogP contribution in [0.1, 0.15) is 39.6 Å². The number of anilines is 1. The number of carbonyl (C=O) groups is 1. The summed E-state index contributed by atoms with van der Waals surface area (Å²) < 4.78 is 0. The number of hydrogen-bond donors (Lipinski definition) is 3. The van der Waals surface area contributed by atoms with E-state index in [1.165, 1.54) is 18.2 Å². The number of nitrogens with zero attached hydrogens (tertiary/aromatic N) is 2. The molecule has 1 atom stereocenters. The average molecular weight is 442 g/mol. The number of rotatable bonds is 5. The van der Waals surface area contributed by atoms with Crippen molar-refractivity contribution in [1.82, 2.24) is 20.6 Å². The zero-order valence-electron chi connectivity index (χ0n) is 16.4. The summed E-state index contributed by atoms with van der Waals surface area (Å²) in [6.45, 7) is 0.673. The first-order chi connectivity index (χ1) is 14.5. The summed E-state index contributed by atoms with van der Waals surface area (Å²) in [4.78, 5) is 20.5. The molecule has 1 unspecified atom stereocenters. The molecule has 0 spiro atoms. The zero-order chi connectivity index (χ0) is 21.3. The van der Waals surface area contributed by atoms with Crippen molar-refractivity contribution in [3.63, 3.8) is 0 Å². The molecular formula is C22H21Cl2N5O. The molecule has 154 valence electrons. The lowest BCUT2D eigenvalue weighted by molar-refractivity contribution is 0.0959. The van der Waals surface area contributed by atoms with E-state index >= 15 is 0 Å². The molecule has 6 nitrogen and oxygen atoms in total. The Balaban J connectivity index is 1.53. The lowest BCUT2D eigenvalue weighted by atomic mass is 10.1. The first-order valence-corrected chi connectivity index (χ1v) is 10.4. The van der Waals surface area contributed by atoms with Gasteiger partial charge in [-0.25, -0.2) is 9.97 Å². The Morgan fingerprint density at radius 1 is 1.27 bits per heavy atom. The van der Waals surface area contributed by atoms with E-state index in [1.807, 2.05) is 30.3 Å². The van der Waals surface area contributed by atoms with Crippen LogP contribution in [0, 0.1) is 0 Å². The summed E-state index contributed by atoms with van der Waals surface area (Å²) in [5, 5.41) is 7.52. The number of nitrogen functional groups attached to an aromatic ring is 1. The van der Waals surface area contributed by atoms with Crippen LogP contribution in [-0.2, 0) is 13.0 Å². The van der Waals surface area contributed by atoms with Crippen LogP contribution in [0.25, 0.3) is 11.3 Å². The maximum atomic E-state index is 12.0. The van der Waals surface area contributed by atoms with Gasteiger partial charge in [0.2, 0.25) is 0 Å². The van der Waals surface area contributed by atoms with Crippen LogP contribution in [0.5, 0.6) is 0 Å². The Kier molecular flexibility index (Phi) is 5.90. The highest BCUT2D eigenvalue weighted by Gasteiger charge is 2.24. The maximum absolute atomic E-state index is 12.0. The Hall–Kier alpha value is -2.67. The molecule has 0 saturated carbocycles. The molecule has 1 heterocycles. The van der Waals surface area contributed by atoms with Crippen LogP contribution >= 0.6 is 23.2 Å². The number of aromatic nitrogens is 2. The summed E-state index contributed by atoms with van der Waals surface area (Å²) in [6.07, 6.45) is 3.49. The molecule has 30 heavy (non-hydrogen) atoms. The lowest BCUT2D eigenvalue weighted by Crippen LogP contribution is -2.21. The summed E-state index contributed by atoms with van der Waals surface area (Å²) in [5.74, 6) is -0.259. The summed E-state index contributed by atoms with van der Waals surface area (Å²) in [5.41, 5.74) is 10.8. The molecular weight excluding hydrogens is 421 g/mol. The van der Waals surface area contributed by atoms with Crippen LogP contribution in [-0.4, -0.2) is 22.9 Å². The molecule has 1 amide bonds. The van der Waals surface area contributed by atoms with Crippen molar-refractivity contribution >= 4 is 34.9 Å². The predicted molar refractivity (Wildman–Crippen MR) is 120 cm³/mol. The molecule has 2 aromatic carbocycles. The fourth-order valence-corrected chi connectivity index (χ4v) is 4.36. The third-order valence-corrected chi connectivity index (χ3v) is 5.83. The number of nitrogens with one attached hydrogen (secondary N) is 2. The van der Waals surface area contributed by atoms with Gasteiger partial charge in [-0.3, -0.25) is 4.79 Å². The van der Waals surface area contributed by atoms with Gasteiger partial charge in [-0.2, -0.15) is 0 Å². The molecule has 0 aliphatic heterocycles. The number of amides is 1. The normalized spacial score (nSPS) is 15.1. The van der Waals surface area contributed by atoms with Gasteiger partial charge in [0, 0.05) is 35.2 Å². The molecule has 4 rings (SSSR count). The quantitative estimate of drug-likeness (QED) is 0.552. The van der Waals surface area contributed by atoms with Gasteiger partial charge in [0.05, 0.1) is 11.9 Å². The maximum Gasteiger partial charge on any atom is 0.273 e. The van der Waals surface area contributed by atoms with E-state index in [4.69, 9.17) is 28.9 Å².